The number of sulfonamides is 1. The zero-order valence-electron chi connectivity index (χ0n) is 10.8. The highest BCUT2D eigenvalue weighted by atomic mass is 32.2. The van der Waals surface area contributed by atoms with Crippen molar-refractivity contribution in [2.24, 2.45) is 0 Å². The normalized spacial score (nSPS) is 21.1. The molecule has 1 aromatic rings. The summed E-state index contributed by atoms with van der Waals surface area (Å²) in [6.07, 6.45) is 3.46. The Balaban J connectivity index is 2.41. The second-order valence-corrected chi connectivity index (χ2v) is 6.35. The fraction of sp³-hybridized carbons (Fsp3) is 0.583. The van der Waals surface area contributed by atoms with Crippen LogP contribution in [-0.4, -0.2) is 36.8 Å². The van der Waals surface area contributed by atoms with Gasteiger partial charge in [0, 0.05) is 25.3 Å². The largest absolute Gasteiger partial charge is 0.369 e. The minimum absolute atomic E-state index is 0.0738. The van der Waals surface area contributed by atoms with Gasteiger partial charge in [0.2, 0.25) is 10.0 Å². The first kappa shape index (κ1) is 13.3. The molecule has 5 nitrogen and oxygen atoms in total. The number of hydrogen-bond acceptors (Lipinski definition) is 4. The van der Waals surface area contributed by atoms with E-state index in [0.717, 1.165) is 12.8 Å². The van der Waals surface area contributed by atoms with E-state index in [1.807, 2.05) is 13.8 Å². The maximum Gasteiger partial charge on any atom is 0.246 e. The molecule has 0 radical (unpaired) electrons. The van der Waals surface area contributed by atoms with Crippen LogP contribution in [0.5, 0.6) is 0 Å². The van der Waals surface area contributed by atoms with E-state index in [0.29, 0.717) is 18.9 Å². The average molecular weight is 269 g/mol. The summed E-state index contributed by atoms with van der Waals surface area (Å²) < 4.78 is 26.7. The van der Waals surface area contributed by atoms with Crippen LogP contribution in [-0.2, 0) is 10.0 Å². The lowest BCUT2D eigenvalue weighted by Crippen LogP contribution is -2.34. The molecule has 0 aromatic carbocycles. The van der Waals surface area contributed by atoms with Crippen molar-refractivity contribution in [3.8, 4) is 0 Å². The number of anilines is 1. The summed E-state index contributed by atoms with van der Waals surface area (Å²) >= 11 is 0. The van der Waals surface area contributed by atoms with Crippen LogP contribution in [0.2, 0.25) is 0 Å². The topological polar surface area (TPSA) is 62.3 Å². The van der Waals surface area contributed by atoms with Gasteiger partial charge in [-0.2, -0.15) is 4.31 Å². The molecule has 2 heterocycles. The smallest absolute Gasteiger partial charge is 0.246 e. The summed E-state index contributed by atoms with van der Waals surface area (Å²) in [7, 11) is -3.43. The van der Waals surface area contributed by atoms with E-state index in [-0.39, 0.29) is 10.9 Å². The summed E-state index contributed by atoms with van der Waals surface area (Å²) in [5.41, 5.74) is 0. The van der Waals surface area contributed by atoms with Crippen LogP contribution in [0, 0.1) is 0 Å². The third-order valence-corrected chi connectivity index (χ3v) is 5.24. The summed E-state index contributed by atoms with van der Waals surface area (Å²) in [5, 5.41) is 3.00. The van der Waals surface area contributed by atoms with E-state index in [1.165, 1.54) is 0 Å². The first-order valence-corrected chi connectivity index (χ1v) is 7.72. The number of nitrogens with zero attached hydrogens (tertiary/aromatic N) is 2. The predicted molar refractivity (Wildman–Crippen MR) is 71.0 cm³/mol. The number of pyridine rings is 1. The van der Waals surface area contributed by atoms with Crippen molar-refractivity contribution in [2.45, 2.75) is 37.6 Å². The predicted octanol–water partition coefficient (Wildman–Crippen LogP) is 1.69. The minimum atomic E-state index is -3.43. The van der Waals surface area contributed by atoms with E-state index in [9.17, 15) is 8.42 Å². The third kappa shape index (κ3) is 2.35. The molecule has 1 aromatic heterocycles. The second kappa shape index (κ2) is 5.24. The van der Waals surface area contributed by atoms with Gasteiger partial charge in [0.15, 0.2) is 0 Å². The van der Waals surface area contributed by atoms with Gasteiger partial charge in [-0.05, 0) is 38.8 Å². The highest BCUT2D eigenvalue weighted by Gasteiger charge is 2.34. The van der Waals surface area contributed by atoms with Gasteiger partial charge >= 0.3 is 0 Å². The van der Waals surface area contributed by atoms with Crippen LogP contribution in [0.15, 0.2) is 23.2 Å². The number of nitrogens with one attached hydrogen (secondary N) is 1. The molecule has 1 fully saturated rings. The summed E-state index contributed by atoms with van der Waals surface area (Å²) in [6.45, 7) is 5.12. The third-order valence-electron chi connectivity index (χ3n) is 3.19. The molecule has 1 atom stereocenters. The molecule has 0 amide bonds. The van der Waals surface area contributed by atoms with Crippen LogP contribution in [0.4, 0.5) is 5.82 Å². The van der Waals surface area contributed by atoms with E-state index in [1.54, 1.807) is 22.6 Å². The molecule has 100 valence electrons. The molecule has 0 saturated carbocycles. The molecule has 0 aliphatic carbocycles. The zero-order valence-corrected chi connectivity index (χ0v) is 11.6. The van der Waals surface area contributed by atoms with Gasteiger partial charge in [0.25, 0.3) is 0 Å². The van der Waals surface area contributed by atoms with Crippen molar-refractivity contribution in [2.75, 3.05) is 18.4 Å². The minimum Gasteiger partial charge on any atom is -0.369 e. The van der Waals surface area contributed by atoms with E-state index < -0.39 is 10.0 Å². The molecule has 2 rings (SSSR count). The molecule has 1 saturated heterocycles. The van der Waals surface area contributed by atoms with Crippen LogP contribution >= 0.6 is 0 Å². The number of hydrogen-bond donors (Lipinski definition) is 1. The lowest BCUT2D eigenvalue weighted by Gasteiger charge is -2.22. The molecule has 0 bridgehead atoms. The van der Waals surface area contributed by atoms with Gasteiger partial charge in [0.1, 0.15) is 10.7 Å². The van der Waals surface area contributed by atoms with Gasteiger partial charge in [-0.15, -0.1) is 0 Å². The maximum absolute atomic E-state index is 12.6. The van der Waals surface area contributed by atoms with Crippen LogP contribution < -0.4 is 5.32 Å². The molecular weight excluding hydrogens is 250 g/mol. The van der Waals surface area contributed by atoms with Crippen molar-refractivity contribution in [3.63, 3.8) is 0 Å². The van der Waals surface area contributed by atoms with Crippen molar-refractivity contribution in [1.29, 1.82) is 0 Å². The lowest BCUT2D eigenvalue weighted by atomic mass is 10.3. The van der Waals surface area contributed by atoms with Gasteiger partial charge in [-0.3, -0.25) is 0 Å². The molecule has 1 aliphatic rings. The number of rotatable bonds is 4. The quantitative estimate of drug-likeness (QED) is 0.903. The first-order chi connectivity index (χ1) is 8.57. The maximum atomic E-state index is 12.6. The second-order valence-electron chi connectivity index (χ2n) is 4.49. The van der Waals surface area contributed by atoms with Crippen molar-refractivity contribution < 1.29 is 8.42 Å². The Morgan fingerprint density at radius 2 is 2.33 bits per heavy atom. The van der Waals surface area contributed by atoms with Crippen LogP contribution in [0.25, 0.3) is 0 Å². The molecule has 1 N–H and O–H groups in total. The van der Waals surface area contributed by atoms with Crippen molar-refractivity contribution in [1.82, 2.24) is 9.29 Å². The molecule has 6 heteroatoms. The average Bonchev–Trinajstić information content (AvgIpc) is 2.77. The molecule has 1 aliphatic heterocycles. The van der Waals surface area contributed by atoms with Crippen LogP contribution in [0.3, 0.4) is 0 Å². The fourth-order valence-electron chi connectivity index (χ4n) is 2.29. The monoisotopic (exact) mass is 269 g/mol. The Labute approximate surface area is 108 Å². The molecule has 0 spiro atoms. The zero-order chi connectivity index (χ0) is 13.2. The Bertz CT molecular complexity index is 516. The van der Waals surface area contributed by atoms with E-state index >= 15 is 0 Å². The Morgan fingerprint density at radius 1 is 1.56 bits per heavy atom. The Hall–Kier alpha value is -1.14. The van der Waals surface area contributed by atoms with E-state index in [2.05, 4.69) is 10.3 Å². The van der Waals surface area contributed by atoms with E-state index in [4.69, 9.17) is 0 Å². The van der Waals surface area contributed by atoms with Gasteiger partial charge in [0.05, 0.1) is 0 Å². The molecule has 18 heavy (non-hydrogen) atoms. The van der Waals surface area contributed by atoms with Crippen molar-refractivity contribution >= 4 is 15.8 Å². The van der Waals surface area contributed by atoms with Gasteiger partial charge in [-0.25, -0.2) is 13.4 Å². The van der Waals surface area contributed by atoms with Crippen LogP contribution in [0.1, 0.15) is 26.7 Å². The fourth-order valence-corrected chi connectivity index (χ4v) is 4.11. The summed E-state index contributed by atoms with van der Waals surface area (Å²) in [6, 6.07) is 3.35. The molecule has 1 unspecified atom stereocenters. The van der Waals surface area contributed by atoms with Gasteiger partial charge in [-0.1, -0.05) is 0 Å². The SMILES string of the molecule is CCNc1ncccc1S(=O)(=O)N1CCCC1C. The Kier molecular flexibility index (Phi) is 3.87. The highest BCUT2D eigenvalue weighted by Crippen LogP contribution is 2.28. The summed E-state index contributed by atoms with van der Waals surface area (Å²) in [5.74, 6) is 0.444. The molecular formula is C12H19N3O2S. The highest BCUT2D eigenvalue weighted by molar-refractivity contribution is 7.89. The number of aromatic nitrogens is 1. The first-order valence-electron chi connectivity index (χ1n) is 6.28. The Morgan fingerprint density at radius 3 is 2.94 bits per heavy atom. The van der Waals surface area contributed by atoms with Gasteiger partial charge < -0.3 is 5.32 Å². The standard InChI is InChI=1S/C12H19N3O2S/c1-3-13-12-11(7-4-8-14-12)18(16,17)15-9-5-6-10(15)2/h4,7-8,10H,3,5-6,9H2,1-2H3,(H,13,14). The lowest BCUT2D eigenvalue weighted by molar-refractivity contribution is 0.408. The van der Waals surface area contributed by atoms with Crippen molar-refractivity contribution in [3.05, 3.63) is 18.3 Å². The summed E-state index contributed by atoms with van der Waals surface area (Å²) in [4.78, 5) is 4.39.